The summed E-state index contributed by atoms with van der Waals surface area (Å²) in [5.41, 5.74) is 1.14. The van der Waals surface area contributed by atoms with Crippen LogP contribution in [-0.4, -0.2) is 49.0 Å². The average Bonchev–Trinajstić information content (AvgIpc) is 3.28. The van der Waals surface area contributed by atoms with Crippen LogP contribution in [0.4, 0.5) is 16.2 Å². The number of hydrogen-bond acceptors (Lipinski definition) is 4. The smallest absolute Gasteiger partial charge is 0.413 e. The van der Waals surface area contributed by atoms with Crippen molar-refractivity contribution >= 4 is 29.3 Å². The van der Waals surface area contributed by atoms with E-state index in [-0.39, 0.29) is 17.2 Å². The van der Waals surface area contributed by atoms with Crippen LogP contribution in [0.2, 0.25) is 0 Å². The van der Waals surface area contributed by atoms with Gasteiger partial charge in [0, 0.05) is 25.0 Å². The fourth-order valence-electron chi connectivity index (χ4n) is 7.28. The van der Waals surface area contributed by atoms with Crippen LogP contribution in [0.5, 0.6) is 0 Å². The maximum atomic E-state index is 13.8. The number of benzene rings is 1. The van der Waals surface area contributed by atoms with Crippen molar-refractivity contribution in [1.29, 1.82) is 0 Å². The van der Waals surface area contributed by atoms with E-state index in [4.69, 9.17) is 4.74 Å². The lowest BCUT2D eigenvalue weighted by atomic mass is 9.49. The summed E-state index contributed by atoms with van der Waals surface area (Å²) in [5.74, 6) is 2.26. The number of hydrogen-bond donors (Lipinski definition) is 1. The number of amides is 3. The standard InChI is InChI=1S/C26H35N3O4/c1-3-33-25(32)28(2)21-8-6-20(7-9-21)27-23(30)22-5-4-10-29(22)24(31)26-14-17-11-18(15-26)13-19(12-17)16-26/h6-9,17-19,22H,3-5,10-16H2,1-2H3,(H,27,30). The molecule has 1 atom stereocenters. The lowest BCUT2D eigenvalue weighted by Crippen LogP contribution is -2.56. The zero-order valence-corrected chi connectivity index (χ0v) is 19.7. The van der Waals surface area contributed by atoms with E-state index in [9.17, 15) is 14.4 Å². The first kappa shape index (κ1) is 22.2. The molecule has 1 saturated heterocycles. The van der Waals surface area contributed by atoms with Gasteiger partial charge in [0.05, 0.1) is 12.0 Å². The third kappa shape index (κ3) is 4.11. The molecule has 33 heavy (non-hydrogen) atoms. The zero-order valence-electron chi connectivity index (χ0n) is 19.7. The molecule has 5 aliphatic rings. The molecule has 1 heterocycles. The van der Waals surface area contributed by atoms with Gasteiger partial charge in [0.15, 0.2) is 0 Å². The number of nitrogens with zero attached hydrogens (tertiary/aromatic N) is 2. The molecule has 7 heteroatoms. The molecule has 1 aromatic carbocycles. The number of carbonyl (C=O) groups excluding carboxylic acids is 3. The number of ether oxygens (including phenoxy) is 1. The Balaban J connectivity index is 1.24. The molecule has 178 valence electrons. The fraction of sp³-hybridized carbons (Fsp3) is 0.654. The Hall–Kier alpha value is -2.57. The Labute approximate surface area is 195 Å². The van der Waals surface area contributed by atoms with E-state index >= 15 is 0 Å². The van der Waals surface area contributed by atoms with E-state index in [1.165, 1.54) is 24.2 Å². The van der Waals surface area contributed by atoms with Crippen molar-refractivity contribution in [2.75, 3.05) is 30.4 Å². The molecule has 0 radical (unpaired) electrons. The van der Waals surface area contributed by atoms with Crippen molar-refractivity contribution in [2.24, 2.45) is 23.2 Å². The first-order chi connectivity index (χ1) is 15.9. The molecular weight excluding hydrogens is 418 g/mol. The van der Waals surface area contributed by atoms with E-state index < -0.39 is 12.1 Å². The van der Waals surface area contributed by atoms with Gasteiger partial charge in [0.25, 0.3) is 0 Å². The molecule has 1 aromatic rings. The van der Waals surface area contributed by atoms with Gasteiger partial charge in [-0.1, -0.05) is 0 Å². The van der Waals surface area contributed by atoms with Crippen molar-refractivity contribution in [1.82, 2.24) is 4.90 Å². The van der Waals surface area contributed by atoms with E-state index in [1.807, 2.05) is 4.90 Å². The SMILES string of the molecule is CCOC(=O)N(C)c1ccc(NC(=O)C2CCCN2C(=O)C23CC4CC(CC(C4)C2)C3)cc1. The molecule has 0 aromatic heterocycles. The quantitative estimate of drug-likeness (QED) is 0.716. The Bertz CT molecular complexity index is 893. The van der Waals surface area contributed by atoms with Gasteiger partial charge in [0.1, 0.15) is 6.04 Å². The number of anilines is 2. The van der Waals surface area contributed by atoms with Crippen molar-refractivity contribution in [2.45, 2.75) is 64.3 Å². The maximum Gasteiger partial charge on any atom is 0.413 e. The van der Waals surface area contributed by atoms with Gasteiger partial charge in [0.2, 0.25) is 11.8 Å². The molecular formula is C26H35N3O4. The Morgan fingerprint density at radius 3 is 2.24 bits per heavy atom. The number of nitrogens with one attached hydrogen (secondary N) is 1. The third-order valence-corrected chi connectivity index (χ3v) is 8.37. The summed E-state index contributed by atoms with van der Waals surface area (Å²) in [6, 6.07) is 6.72. The van der Waals surface area contributed by atoms with Crippen molar-refractivity contribution in [3.05, 3.63) is 24.3 Å². The van der Waals surface area contributed by atoms with Gasteiger partial charge in [-0.2, -0.15) is 0 Å². The van der Waals surface area contributed by atoms with Crippen LogP contribution >= 0.6 is 0 Å². The monoisotopic (exact) mass is 453 g/mol. The molecule has 6 rings (SSSR count). The first-order valence-corrected chi connectivity index (χ1v) is 12.5. The lowest BCUT2D eigenvalue weighted by molar-refractivity contribution is -0.160. The topological polar surface area (TPSA) is 79.0 Å². The van der Waals surface area contributed by atoms with Crippen molar-refractivity contribution in [3.8, 4) is 0 Å². The van der Waals surface area contributed by atoms with Gasteiger partial charge >= 0.3 is 6.09 Å². The molecule has 5 fully saturated rings. The third-order valence-electron chi connectivity index (χ3n) is 8.37. The van der Waals surface area contributed by atoms with E-state index in [1.54, 1.807) is 38.2 Å². The van der Waals surface area contributed by atoms with Gasteiger partial charge in [-0.15, -0.1) is 0 Å². The summed E-state index contributed by atoms with van der Waals surface area (Å²) >= 11 is 0. The molecule has 0 spiro atoms. The van der Waals surface area contributed by atoms with Gasteiger partial charge in [-0.05, 0) is 100 Å². The summed E-state index contributed by atoms with van der Waals surface area (Å²) in [6.45, 7) is 2.77. The molecule has 1 unspecified atom stereocenters. The minimum atomic E-state index is -0.418. The molecule has 4 bridgehead atoms. The van der Waals surface area contributed by atoms with Crippen molar-refractivity contribution < 1.29 is 19.1 Å². The summed E-state index contributed by atoms with van der Waals surface area (Å²) in [5, 5.41) is 3.00. The summed E-state index contributed by atoms with van der Waals surface area (Å²) in [4.78, 5) is 42.2. The number of likely N-dealkylation sites (tertiary alicyclic amines) is 1. The van der Waals surface area contributed by atoms with E-state index in [0.717, 1.165) is 25.7 Å². The predicted molar refractivity (Wildman–Crippen MR) is 126 cm³/mol. The second-order valence-corrected chi connectivity index (χ2v) is 10.6. The second-order valence-electron chi connectivity index (χ2n) is 10.6. The number of carbonyl (C=O) groups is 3. The Morgan fingerprint density at radius 1 is 1.06 bits per heavy atom. The van der Waals surface area contributed by atoms with Crippen molar-refractivity contribution in [3.63, 3.8) is 0 Å². The minimum absolute atomic E-state index is 0.114. The van der Waals surface area contributed by atoms with Crippen LogP contribution < -0.4 is 10.2 Å². The van der Waals surface area contributed by atoms with Crippen LogP contribution in [0, 0.1) is 23.2 Å². The van der Waals surface area contributed by atoms with E-state index in [0.29, 0.717) is 48.7 Å². The highest BCUT2D eigenvalue weighted by atomic mass is 16.6. The molecule has 1 aliphatic heterocycles. The predicted octanol–water partition coefficient (Wildman–Crippen LogP) is 4.43. The van der Waals surface area contributed by atoms with Crippen LogP contribution in [0.25, 0.3) is 0 Å². The van der Waals surface area contributed by atoms with Crippen LogP contribution in [0.15, 0.2) is 24.3 Å². The lowest BCUT2D eigenvalue weighted by Gasteiger charge is -2.56. The Morgan fingerprint density at radius 2 is 1.67 bits per heavy atom. The normalized spacial score (nSPS) is 32.0. The molecule has 3 amide bonds. The molecule has 7 nitrogen and oxygen atoms in total. The van der Waals surface area contributed by atoms with E-state index in [2.05, 4.69) is 5.32 Å². The molecule has 1 N–H and O–H groups in total. The van der Waals surface area contributed by atoms with Gasteiger partial charge < -0.3 is 15.0 Å². The highest BCUT2D eigenvalue weighted by Gasteiger charge is 2.56. The summed E-state index contributed by atoms with van der Waals surface area (Å²) in [7, 11) is 1.65. The molecule has 4 saturated carbocycles. The maximum absolute atomic E-state index is 13.8. The summed E-state index contributed by atoms with van der Waals surface area (Å²) in [6.07, 6.45) is 8.16. The largest absolute Gasteiger partial charge is 0.449 e. The average molecular weight is 454 g/mol. The zero-order chi connectivity index (χ0) is 23.2. The number of rotatable bonds is 5. The fourth-order valence-corrected chi connectivity index (χ4v) is 7.28. The van der Waals surface area contributed by atoms with Gasteiger partial charge in [-0.25, -0.2) is 4.79 Å². The highest BCUT2D eigenvalue weighted by Crippen LogP contribution is 2.60. The summed E-state index contributed by atoms with van der Waals surface area (Å²) < 4.78 is 5.02. The van der Waals surface area contributed by atoms with Crippen LogP contribution in [0.1, 0.15) is 58.3 Å². The second kappa shape index (κ2) is 8.65. The van der Waals surface area contributed by atoms with Gasteiger partial charge in [-0.3, -0.25) is 14.5 Å². The molecule has 4 aliphatic carbocycles. The minimum Gasteiger partial charge on any atom is -0.449 e. The Kier molecular flexibility index (Phi) is 5.83. The first-order valence-electron chi connectivity index (χ1n) is 12.5. The van der Waals surface area contributed by atoms with Crippen LogP contribution in [-0.2, 0) is 14.3 Å². The highest BCUT2D eigenvalue weighted by molar-refractivity contribution is 5.98. The van der Waals surface area contributed by atoms with Crippen LogP contribution in [0.3, 0.4) is 0 Å².